The van der Waals surface area contributed by atoms with Gasteiger partial charge in [0.15, 0.2) is 5.78 Å². The molecule has 0 saturated heterocycles. The van der Waals surface area contributed by atoms with Gasteiger partial charge in [0.05, 0.1) is 17.6 Å². The van der Waals surface area contributed by atoms with E-state index in [9.17, 15) is 13.6 Å². The van der Waals surface area contributed by atoms with Gasteiger partial charge in [-0.15, -0.1) is 0 Å². The lowest BCUT2D eigenvalue weighted by Gasteiger charge is -2.52. The van der Waals surface area contributed by atoms with Crippen molar-refractivity contribution in [3.05, 3.63) is 88.8 Å². The number of fused-ring (bicyclic) bond motifs is 2. The lowest BCUT2D eigenvalue weighted by atomic mass is 9.50. The maximum Gasteiger partial charge on any atom is 0.169 e. The molecular weight excluding hydrogens is 394 g/mol. The van der Waals surface area contributed by atoms with Crippen LogP contribution >= 0.6 is 0 Å². The molecule has 0 radical (unpaired) electrons. The zero-order valence-corrected chi connectivity index (χ0v) is 17.7. The monoisotopic (exact) mass is 418 g/mol. The van der Waals surface area contributed by atoms with Crippen LogP contribution in [0.4, 0.5) is 8.78 Å². The van der Waals surface area contributed by atoms with Gasteiger partial charge in [0, 0.05) is 16.4 Å². The average Bonchev–Trinajstić information content (AvgIpc) is 3.16. The minimum absolute atomic E-state index is 0.0648. The van der Waals surface area contributed by atoms with E-state index in [1.165, 1.54) is 29.8 Å². The second-order valence-corrected chi connectivity index (χ2v) is 9.14. The summed E-state index contributed by atoms with van der Waals surface area (Å²) in [5, 5.41) is 4.57. The summed E-state index contributed by atoms with van der Waals surface area (Å²) in [5.74, 6) is -0.555. The normalized spacial score (nSPS) is 24.8. The van der Waals surface area contributed by atoms with Crippen molar-refractivity contribution in [1.82, 2.24) is 9.78 Å². The molecule has 0 amide bonds. The quantitative estimate of drug-likeness (QED) is 0.477. The summed E-state index contributed by atoms with van der Waals surface area (Å²) < 4.78 is 28.6. The molecule has 1 saturated carbocycles. The second kappa shape index (κ2) is 6.98. The van der Waals surface area contributed by atoms with E-state index in [4.69, 9.17) is 0 Å². The molecule has 3 aromatic rings. The molecular formula is C26H24F2N2O. The van der Waals surface area contributed by atoms with Crippen LogP contribution in [0.1, 0.15) is 54.7 Å². The number of nitrogens with zero attached hydrogens (tertiary/aromatic N) is 2. The van der Waals surface area contributed by atoms with Crippen LogP contribution in [0.2, 0.25) is 0 Å². The molecule has 2 aromatic carbocycles. The zero-order valence-electron chi connectivity index (χ0n) is 17.7. The number of Topliss-reactive ketones (excluding diaryl/α,β-unsaturated/α-hetero) is 1. The Bertz CT molecular complexity index is 1190. The summed E-state index contributed by atoms with van der Waals surface area (Å²) in [6, 6.07) is 12.2. The fraction of sp³-hybridized carbons (Fsp3) is 0.308. The molecule has 0 unspecified atom stereocenters. The zero-order chi connectivity index (χ0) is 21.8. The smallest absolute Gasteiger partial charge is 0.169 e. The third-order valence-corrected chi connectivity index (χ3v) is 7.47. The first kappa shape index (κ1) is 19.9. The van der Waals surface area contributed by atoms with Gasteiger partial charge in [-0.25, -0.2) is 13.5 Å². The van der Waals surface area contributed by atoms with Crippen molar-refractivity contribution in [2.45, 2.75) is 39.5 Å². The SMILES string of the molecule is C[C@]12Cc3cnn(-c4ccc(F)cc4)c3C=C1CCC[C@]2(C)C(=O)c1ccc(F)cc1. The Hall–Kier alpha value is -3.08. The van der Waals surface area contributed by atoms with Gasteiger partial charge in [-0.05, 0) is 85.9 Å². The third kappa shape index (κ3) is 2.98. The first-order valence-corrected chi connectivity index (χ1v) is 10.7. The number of carbonyl (C=O) groups is 1. The van der Waals surface area contributed by atoms with Gasteiger partial charge in [-0.1, -0.05) is 19.4 Å². The molecule has 3 nitrogen and oxygen atoms in total. The molecule has 0 bridgehead atoms. The Morgan fingerprint density at radius 2 is 1.65 bits per heavy atom. The van der Waals surface area contributed by atoms with Crippen LogP contribution in [-0.2, 0) is 6.42 Å². The highest BCUT2D eigenvalue weighted by molar-refractivity contribution is 6.01. The van der Waals surface area contributed by atoms with Crippen LogP contribution in [0, 0.1) is 22.5 Å². The number of allylic oxidation sites excluding steroid dienone is 1. The van der Waals surface area contributed by atoms with Crippen molar-refractivity contribution in [3.8, 4) is 5.69 Å². The molecule has 1 aromatic heterocycles. The number of carbonyl (C=O) groups excluding carboxylic acids is 1. The predicted molar refractivity (Wildman–Crippen MR) is 116 cm³/mol. The number of halogens is 2. The number of hydrogen-bond acceptors (Lipinski definition) is 2. The highest BCUT2D eigenvalue weighted by Gasteiger charge is 2.54. The van der Waals surface area contributed by atoms with Crippen molar-refractivity contribution in [2.24, 2.45) is 10.8 Å². The summed E-state index contributed by atoms with van der Waals surface area (Å²) in [6.07, 6.45) is 7.37. The van der Waals surface area contributed by atoms with Crippen molar-refractivity contribution in [2.75, 3.05) is 0 Å². The minimum atomic E-state index is -0.593. The van der Waals surface area contributed by atoms with Crippen LogP contribution in [0.3, 0.4) is 0 Å². The second-order valence-electron chi connectivity index (χ2n) is 9.14. The molecule has 1 fully saturated rings. The third-order valence-electron chi connectivity index (χ3n) is 7.47. The van der Waals surface area contributed by atoms with E-state index in [0.29, 0.717) is 12.0 Å². The highest BCUT2D eigenvalue weighted by atomic mass is 19.1. The number of hydrogen-bond donors (Lipinski definition) is 0. The van der Waals surface area contributed by atoms with E-state index < -0.39 is 5.41 Å². The first-order valence-electron chi connectivity index (χ1n) is 10.7. The predicted octanol–water partition coefficient (Wildman–Crippen LogP) is 6.17. The number of benzene rings is 2. The Kier molecular flexibility index (Phi) is 4.47. The summed E-state index contributed by atoms with van der Waals surface area (Å²) in [4.78, 5) is 13.7. The molecule has 31 heavy (non-hydrogen) atoms. The highest BCUT2D eigenvalue weighted by Crippen LogP contribution is 2.58. The van der Waals surface area contributed by atoms with Gasteiger partial charge in [-0.3, -0.25) is 4.79 Å². The molecule has 2 atom stereocenters. The van der Waals surface area contributed by atoms with Crippen molar-refractivity contribution in [1.29, 1.82) is 0 Å². The Balaban J connectivity index is 1.57. The maximum atomic E-state index is 13.7. The fourth-order valence-electron chi connectivity index (χ4n) is 5.38. The molecule has 2 aliphatic carbocycles. The number of ketones is 1. The molecule has 0 N–H and O–H groups in total. The molecule has 158 valence electrons. The standard InChI is InChI=1S/C26H24F2N2O/c1-25(24(31)17-5-7-20(27)8-6-17)13-3-4-19-14-23-18(15-26(19,25)2)16-29-30(23)22-11-9-21(28)10-12-22/h5-12,14,16H,3-4,13,15H2,1-2H3/t25-,26+/m1/s1. The van der Waals surface area contributed by atoms with Crippen molar-refractivity contribution < 1.29 is 13.6 Å². The van der Waals surface area contributed by atoms with Crippen LogP contribution in [0.5, 0.6) is 0 Å². The summed E-state index contributed by atoms with van der Waals surface area (Å²) >= 11 is 0. The molecule has 5 heteroatoms. The number of rotatable bonds is 3. The Labute approximate surface area is 180 Å². The van der Waals surface area contributed by atoms with Gasteiger partial charge in [0.1, 0.15) is 11.6 Å². The molecule has 2 aliphatic rings. The minimum Gasteiger partial charge on any atom is -0.294 e. The van der Waals surface area contributed by atoms with Gasteiger partial charge in [-0.2, -0.15) is 5.10 Å². The van der Waals surface area contributed by atoms with E-state index in [1.807, 2.05) is 10.9 Å². The molecule has 0 spiro atoms. The van der Waals surface area contributed by atoms with Crippen LogP contribution in [-0.4, -0.2) is 15.6 Å². The molecule has 0 aliphatic heterocycles. The van der Waals surface area contributed by atoms with Gasteiger partial charge in [0.25, 0.3) is 0 Å². The average molecular weight is 418 g/mol. The van der Waals surface area contributed by atoms with E-state index in [0.717, 1.165) is 36.2 Å². The first-order chi connectivity index (χ1) is 14.8. The van der Waals surface area contributed by atoms with Crippen LogP contribution in [0.15, 0.2) is 60.3 Å². The largest absolute Gasteiger partial charge is 0.294 e. The molecule has 5 rings (SSSR count). The summed E-state index contributed by atoms with van der Waals surface area (Å²) in [7, 11) is 0. The summed E-state index contributed by atoms with van der Waals surface area (Å²) in [6.45, 7) is 4.23. The number of aromatic nitrogens is 2. The molecule has 1 heterocycles. The van der Waals surface area contributed by atoms with Gasteiger partial charge >= 0.3 is 0 Å². The lowest BCUT2D eigenvalue weighted by molar-refractivity contribution is 0.0434. The lowest BCUT2D eigenvalue weighted by Crippen LogP contribution is -2.49. The topological polar surface area (TPSA) is 34.9 Å². The van der Waals surface area contributed by atoms with E-state index in [2.05, 4.69) is 25.0 Å². The van der Waals surface area contributed by atoms with Crippen LogP contribution in [0.25, 0.3) is 11.8 Å². The van der Waals surface area contributed by atoms with E-state index >= 15 is 0 Å². The van der Waals surface area contributed by atoms with Crippen molar-refractivity contribution >= 4 is 11.9 Å². The maximum absolute atomic E-state index is 13.7. The Morgan fingerprint density at radius 1 is 1.00 bits per heavy atom. The van der Waals surface area contributed by atoms with Crippen LogP contribution < -0.4 is 0 Å². The summed E-state index contributed by atoms with van der Waals surface area (Å²) in [5.41, 5.74) is 3.75. The van der Waals surface area contributed by atoms with Gasteiger partial charge in [0.2, 0.25) is 0 Å². The van der Waals surface area contributed by atoms with E-state index in [-0.39, 0.29) is 22.8 Å². The van der Waals surface area contributed by atoms with E-state index in [1.54, 1.807) is 24.3 Å². The Morgan fingerprint density at radius 3 is 2.32 bits per heavy atom. The van der Waals surface area contributed by atoms with Crippen molar-refractivity contribution in [3.63, 3.8) is 0 Å². The fourth-order valence-corrected chi connectivity index (χ4v) is 5.38. The van der Waals surface area contributed by atoms with Gasteiger partial charge < -0.3 is 0 Å².